The molecule has 1 saturated heterocycles. The summed E-state index contributed by atoms with van der Waals surface area (Å²) in [6.07, 6.45) is 4.17. The van der Waals surface area contributed by atoms with Crippen LogP contribution in [-0.4, -0.2) is 42.6 Å². The van der Waals surface area contributed by atoms with Crippen LogP contribution in [0.25, 0.3) is 10.9 Å². The van der Waals surface area contributed by atoms with E-state index in [0.29, 0.717) is 0 Å². The number of esters is 1. The molecule has 126 valence electrons. The van der Waals surface area contributed by atoms with Crippen molar-refractivity contribution >= 4 is 16.9 Å². The molecule has 4 heteroatoms. The van der Waals surface area contributed by atoms with Crippen LogP contribution in [0.1, 0.15) is 30.5 Å². The quantitative estimate of drug-likeness (QED) is 0.647. The largest absolute Gasteiger partial charge is 0.468 e. The van der Waals surface area contributed by atoms with Crippen LogP contribution in [0.3, 0.4) is 0 Å². The third-order valence-electron chi connectivity index (χ3n) is 5.70. The van der Waals surface area contributed by atoms with Gasteiger partial charge in [-0.3, -0.25) is 9.69 Å². The third-order valence-corrected chi connectivity index (χ3v) is 5.70. The molecular formula is C20H24N2O2. The molecule has 3 atom stereocenters. The number of nitrogens with zero attached hydrogens (tertiary/aromatic N) is 1. The van der Waals surface area contributed by atoms with Gasteiger partial charge in [-0.25, -0.2) is 0 Å². The zero-order valence-electron chi connectivity index (χ0n) is 14.3. The van der Waals surface area contributed by atoms with E-state index in [1.165, 1.54) is 23.6 Å². The van der Waals surface area contributed by atoms with Gasteiger partial charge in [0.25, 0.3) is 0 Å². The van der Waals surface area contributed by atoms with Gasteiger partial charge in [-0.05, 0) is 37.9 Å². The van der Waals surface area contributed by atoms with E-state index in [1.54, 1.807) is 0 Å². The Morgan fingerprint density at radius 2 is 2.17 bits per heavy atom. The SMILES string of the molecule is C/C=C1/CN2CCc3c([nH]c4ccccc34)C(C(=O)OC)C1CC2. The normalized spacial score (nSPS) is 28.2. The Kier molecular flexibility index (Phi) is 3.93. The van der Waals surface area contributed by atoms with Gasteiger partial charge in [-0.15, -0.1) is 0 Å². The molecule has 0 aliphatic carbocycles. The number of piperidine rings is 1. The summed E-state index contributed by atoms with van der Waals surface area (Å²) in [4.78, 5) is 18.8. The van der Waals surface area contributed by atoms with E-state index in [4.69, 9.17) is 4.74 Å². The third kappa shape index (κ3) is 2.37. The number of carbonyl (C=O) groups excluding carboxylic acids is 1. The molecule has 4 nitrogen and oxygen atoms in total. The average molecular weight is 324 g/mol. The van der Waals surface area contributed by atoms with Gasteiger partial charge in [0.05, 0.1) is 7.11 Å². The van der Waals surface area contributed by atoms with E-state index in [2.05, 4.69) is 41.1 Å². The van der Waals surface area contributed by atoms with Gasteiger partial charge in [-0.2, -0.15) is 0 Å². The Hall–Kier alpha value is -2.07. The minimum absolute atomic E-state index is 0.123. The standard InChI is InChI=1S/C20H24N2O2/c1-3-13-12-22-10-8-14(13)18(20(23)24-2)19-16(9-11-22)15-6-4-5-7-17(15)21-19/h3-7,14,18,21H,8-12H2,1-2H3/b13-3-. The van der Waals surface area contributed by atoms with Crippen LogP contribution < -0.4 is 0 Å². The maximum Gasteiger partial charge on any atom is 0.315 e. The lowest BCUT2D eigenvalue weighted by molar-refractivity contribution is -0.143. The van der Waals surface area contributed by atoms with Gasteiger partial charge < -0.3 is 9.72 Å². The lowest BCUT2D eigenvalue weighted by Crippen LogP contribution is -2.39. The second-order valence-corrected chi connectivity index (χ2v) is 6.85. The Morgan fingerprint density at radius 3 is 2.96 bits per heavy atom. The summed E-state index contributed by atoms with van der Waals surface area (Å²) in [5.74, 6) is -0.130. The van der Waals surface area contributed by atoms with Gasteiger partial charge in [0.15, 0.2) is 0 Å². The van der Waals surface area contributed by atoms with Crippen molar-refractivity contribution < 1.29 is 9.53 Å². The minimum Gasteiger partial charge on any atom is -0.468 e. The van der Waals surface area contributed by atoms with Crippen molar-refractivity contribution in [1.82, 2.24) is 9.88 Å². The average Bonchev–Trinajstić information content (AvgIpc) is 3.02. The molecule has 3 aliphatic rings. The zero-order chi connectivity index (χ0) is 16.7. The van der Waals surface area contributed by atoms with Crippen LogP contribution >= 0.6 is 0 Å². The molecule has 1 aromatic carbocycles. The number of nitrogens with one attached hydrogen (secondary N) is 1. The molecule has 5 rings (SSSR count). The molecule has 3 aliphatic heterocycles. The number of ether oxygens (including phenoxy) is 1. The first-order chi connectivity index (χ1) is 11.7. The molecule has 2 bridgehead atoms. The highest BCUT2D eigenvalue weighted by Gasteiger charge is 2.39. The van der Waals surface area contributed by atoms with Crippen molar-refractivity contribution in [3.8, 4) is 0 Å². The first kappa shape index (κ1) is 15.5. The molecule has 24 heavy (non-hydrogen) atoms. The fraction of sp³-hybridized carbons (Fsp3) is 0.450. The molecule has 0 spiro atoms. The highest BCUT2D eigenvalue weighted by Crippen LogP contribution is 2.41. The zero-order valence-corrected chi connectivity index (χ0v) is 14.3. The Bertz CT molecular complexity index is 805. The summed E-state index contributed by atoms with van der Waals surface area (Å²) in [5.41, 5.74) is 4.83. The minimum atomic E-state index is -0.233. The van der Waals surface area contributed by atoms with Crippen LogP contribution in [0.5, 0.6) is 0 Å². The second kappa shape index (κ2) is 6.10. The highest BCUT2D eigenvalue weighted by atomic mass is 16.5. The maximum atomic E-state index is 12.7. The van der Waals surface area contributed by atoms with Gasteiger partial charge >= 0.3 is 5.97 Å². The van der Waals surface area contributed by atoms with Gasteiger partial charge in [0.1, 0.15) is 5.92 Å². The topological polar surface area (TPSA) is 45.3 Å². The number of carbonyl (C=O) groups is 1. The fourth-order valence-corrected chi connectivity index (χ4v) is 4.47. The molecule has 2 aromatic rings. The number of benzene rings is 1. The Balaban J connectivity index is 1.94. The van der Waals surface area contributed by atoms with Crippen molar-refractivity contribution in [3.05, 3.63) is 47.2 Å². The smallest absolute Gasteiger partial charge is 0.315 e. The second-order valence-electron chi connectivity index (χ2n) is 6.85. The lowest BCUT2D eigenvalue weighted by atomic mass is 9.78. The van der Waals surface area contributed by atoms with E-state index in [-0.39, 0.29) is 17.8 Å². The molecule has 1 N–H and O–H groups in total. The molecule has 0 amide bonds. The molecule has 3 unspecified atom stereocenters. The van der Waals surface area contributed by atoms with Gasteiger partial charge in [0.2, 0.25) is 0 Å². The molecule has 0 saturated carbocycles. The predicted molar refractivity (Wildman–Crippen MR) is 95.1 cm³/mol. The number of aromatic amines is 1. The van der Waals surface area contributed by atoms with Crippen molar-refractivity contribution in [2.75, 3.05) is 26.7 Å². The molecular weight excluding hydrogens is 300 g/mol. The van der Waals surface area contributed by atoms with E-state index in [9.17, 15) is 4.79 Å². The highest BCUT2D eigenvalue weighted by molar-refractivity contribution is 5.88. The van der Waals surface area contributed by atoms with Crippen LogP contribution in [0.4, 0.5) is 0 Å². The number of allylic oxidation sites excluding steroid dienone is 1. The summed E-state index contributed by atoms with van der Waals surface area (Å²) in [6.45, 7) is 5.14. The number of H-pyrrole nitrogens is 1. The lowest BCUT2D eigenvalue weighted by Gasteiger charge is -2.35. The van der Waals surface area contributed by atoms with E-state index in [1.807, 2.05) is 6.07 Å². The van der Waals surface area contributed by atoms with Crippen LogP contribution in [0.2, 0.25) is 0 Å². The summed E-state index contributed by atoms with van der Waals surface area (Å²) in [6, 6.07) is 8.36. The Labute approximate surface area is 142 Å². The van der Waals surface area contributed by atoms with E-state index < -0.39 is 0 Å². The maximum absolute atomic E-state index is 12.7. The van der Waals surface area contributed by atoms with Crippen LogP contribution in [0.15, 0.2) is 35.9 Å². The summed E-state index contributed by atoms with van der Waals surface area (Å²) in [5, 5.41) is 1.24. The first-order valence-electron chi connectivity index (χ1n) is 8.77. The first-order valence-corrected chi connectivity index (χ1v) is 8.77. The summed E-state index contributed by atoms with van der Waals surface area (Å²) in [7, 11) is 1.50. The monoisotopic (exact) mass is 324 g/mol. The number of aromatic nitrogens is 1. The molecule has 0 radical (unpaired) electrons. The van der Waals surface area contributed by atoms with Crippen LogP contribution in [-0.2, 0) is 16.0 Å². The van der Waals surface area contributed by atoms with Crippen molar-refractivity contribution in [3.63, 3.8) is 0 Å². The van der Waals surface area contributed by atoms with Crippen molar-refractivity contribution in [2.45, 2.75) is 25.7 Å². The summed E-state index contributed by atoms with van der Waals surface area (Å²) >= 11 is 0. The van der Waals surface area contributed by atoms with Crippen molar-refractivity contribution in [1.29, 1.82) is 0 Å². The summed E-state index contributed by atoms with van der Waals surface area (Å²) < 4.78 is 5.22. The van der Waals surface area contributed by atoms with E-state index in [0.717, 1.165) is 43.7 Å². The molecule has 4 heterocycles. The molecule has 1 aromatic heterocycles. The van der Waals surface area contributed by atoms with Crippen molar-refractivity contribution in [2.24, 2.45) is 5.92 Å². The van der Waals surface area contributed by atoms with Gasteiger partial charge in [0, 0.05) is 35.6 Å². The number of hydrogen-bond donors (Lipinski definition) is 1. The Morgan fingerprint density at radius 1 is 1.33 bits per heavy atom. The fourth-order valence-electron chi connectivity index (χ4n) is 4.47. The number of rotatable bonds is 1. The van der Waals surface area contributed by atoms with Gasteiger partial charge in [-0.1, -0.05) is 29.8 Å². The predicted octanol–water partition coefficient (Wildman–Crippen LogP) is 3.25. The molecule has 1 fully saturated rings. The number of hydrogen-bond acceptors (Lipinski definition) is 3. The number of fused-ring (bicyclic) bond motifs is 4. The number of para-hydroxylation sites is 1. The number of methoxy groups -OCH3 is 1. The van der Waals surface area contributed by atoms with E-state index >= 15 is 0 Å². The van der Waals surface area contributed by atoms with Crippen LogP contribution in [0, 0.1) is 5.92 Å².